The molecule has 0 aromatic heterocycles. The van der Waals surface area contributed by atoms with Gasteiger partial charge in [-0.2, -0.15) is 0 Å². The lowest BCUT2D eigenvalue weighted by atomic mass is 10.1. The van der Waals surface area contributed by atoms with Crippen LogP contribution in [0.5, 0.6) is 0 Å². The zero-order valence-corrected chi connectivity index (χ0v) is 14.0. The monoisotopic (exact) mass is 310 g/mol. The number of ether oxygens (including phenoxy) is 1. The van der Waals surface area contributed by atoms with E-state index in [1.807, 2.05) is 0 Å². The smallest absolute Gasteiger partial charge is 0.0642 e. The second kappa shape index (κ2) is 8.62. The largest absolute Gasteiger partial charge is 0.383 e. The lowest BCUT2D eigenvalue weighted by Gasteiger charge is -2.30. The van der Waals surface area contributed by atoms with Gasteiger partial charge in [0.05, 0.1) is 17.3 Å². The first-order valence-electron chi connectivity index (χ1n) is 7.97. The van der Waals surface area contributed by atoms with Gasteiger partial charge in [-0.15, -0.1) is 0 Å². The fourth-order valence-electron chi connectivity index (χ4n) is 2.93. The fourth-order valence-corrected chi connectivity index (χ4v) is 3.24. The number of nitrogens with zero attached hydrogens (tertiary/aromatic N) is 1. The average molecular weight is 311 g/mol. The third-order valence-corrected chi connectivity index (χ3v) is 4.49. The molecule has 0 amide bonds. The van der Waals surface area contributed by atoms with E-state index in [0.717, 1.165) is 31.3 Å². The Morgan fingerprint density at radius 2 is 2.19 bits per heavy atom. The van der Waals surface area contributed by atoms with Crippen molar-refractivity contribution < 1.29 is 4.74 Å². The first kappa shape index (κ1) is 16.6. The van der Waals surface area contributed by atoms with Crippen LogP contribution in [0.1, 0.15) is 38.2 Å². The molecule has 1 unspecified atom stereocenters. The Hall–Kier alpha value is -0.770. The Morgan fingerprint density at radius 3 is 2.95 bits per heavy atom. The number of hydrogen-bond donors (Lipinski definition) is 1. The number of anilines is 1. The van der Waals surface area contributed by atoms with Crippen LogP contribution < -0.4 is 10.2 Å². The van der Waals surface area contributed by atoms with E-state index in [2.05, 4.69) is 35.3 Å². The van der Waals surface area contributed by atoms with E-state index in [-0.39, 0.29) is 0 Å². The number of benzene rings is 1. The molecule has 21 heavy (non-hydrogen) atoms. The molecule has 1 aliphatic heterocycles. The van der Waals surface area contributed by atoms with Crippen molar-refractivity contribution in [2.45, 2.75) is 45.2 Å². The molecule has 1 fully saturated rings. The van der Waals surface area contributed by atoms with Crippen LogP contribution in [0.25, 0.3) is 0 Å². The molecule has 0 saturated carbocycles. The average Bonchev–Trinajstić information content (AvgIpc) is 2.69. The summed E-state index contributed by atoms with van der Waals surface area (Å²) < 4.78 is 5.03. The molecule has 1 heterocycles. The van der Waals surface area contributed by atoms with Crippen LogP contribution in [0.2, 0.25) is 5.02 Å². The molecule has 1 aromatic carbocycles. The molecule has 1 aliphatic rings. The van der Waals surface area contributed by atoms with Gasteiger partial charge in [-0.1, -0.05) is 30.5 Å². The topological polar surface area (TPSA) is 24.5 Å². The molecular formula is C17H27ClN2O. The van der Waals surface area contributed by atoms with Gasteiger partial charge in [0.1, 0.15) is 0 Å². The van der Waals surface area contributed by atoms with Crippen molar-refractivity contribution >= 4 is 17.3 Å². The van der Waals surface area contributed by atoms with Crippen molar-refractivity contribution in [1.82, 2.24) is 5.32 Å². The Balaban J connectivity index is 2.00. The van der Waals surface area contributed by atoms with E-state index < -0.39 is 0 Å². The summed E-state index contributed by atoms with van der Waals surface area (Å²) in [6.07, 6.45) is 5.19. The highest BCUT2D eigenvalue weighted by Crippen LogP contribution is 2.31. The summed E-state index contributed by atoms with van der Waals surface area (Å²) in [4.78, 5) is 2.47. The van der Waals surface area contributed by atoms with Crippen molar-refractivity contribution in [3.8, 4) is 0 Å². The number of halogens is 1. The summed E-state index contributed by atoms with van der Waals surface area (Å²) in [6.45, 7) is 5.85. The number of methoxy groups -OCH3 is 1. The minimum Gasteiger partial charge on any atom is -0.383 e. The zero-order valence-electron chi connectivity index (χ0n) is 13.2. The number of hydrogen-bond acceptors (Lipinski definition) is 3. The van der Waals surface area contributed by atoms with Gasteiger partial charge in [0.2, 0.25) is 0 Å². The van der Waals surface area contributed by atoms with Gasteiger partial charge in [-0.3, -0.25) is 0 Å². The molecule has 118 valence electrons. The summed E-state index contributed by atoms with van der Waals surface area (Å²) in [7, 11) is 1.72. The van der Waals surface area contributed by atoms with Crippen LogP contribution in [0.15, 0.2) is 18.2 Å². The molecule has 1 N–H and O–H groups in total. The van der Waals surface area contributed by atoms with Crippen LogP contribution in [0.3, 0.4) is 0 Å². The van der Waals surface area contributed by atoms with E-state index >= 15 is 0 Å². The number of nitrogens with one attached hydrogen (secondary N) is 1. The van der Waals surface area contributed by atoms with E-state index in [9.17, 15) is 0 Å². The van der Waals surface area contributed by atoms with Crippen LogP contribution in [-0.2, 0) is 11.3 Å². The number of rotatable bonds is 6. The van der Waals surface area contributed by atoms with E-state index in [4.69, 9.17) is 16.3 Å². The third kappa shape index (κ3) is 4.87. The highest BCUT2D eigenvalue weighted by Gasteiger charge is 2.19. The van der Waals surface area contributed by atoms with Crippen LogP contribution in [0, 0.1) is 0 Å². The Labute approximate surface area is 133 Å². The molecule has 1 saturated heterocycles. The van der Waals surface area contributed by atoms with Gasteiger partial charge in [-0.25, -0.2) is 0 Å². The lowest BCUT2D eigenvalue weighted by Crippen LogP contribution is -2.32. The molecule has 1 aromatic rings. The zero-order chi connectivity index (χ0) is 15.1. The SMILES string of the molecule is COCCNCc1ccc(N2CCCCCC2C)c(Cl)c1. The molecule has 2 rings (SSSR count). The molecule has 0 spiro atoms. The maximum absolute atomic E-state index is 6.53. The van der Waals surface area contributed by atoms with Crippen molar-refractivity contribution in [2.75, 3.05) is 31.7 Å². The fraction of sp³-hybridized carbons (Fsp3) is 0.647. The third-order valence-electron chi connectivity index (χ3n) is 4.19. The summed E-state index contributed by atoms with van der Waals surface area (Å²) in [5.74, 6) is 0. The summed E-state index contributed by atoms with van der Waals surface area (Å²) >= 11 is 6.53. The second-order valence-electron chi connectivity index (χ2n) is 5.85. The second-order valence-corrected chi connectivity index (χ2v) is 6.25. The minimum atomic E-state index is 0.579. The van der Waals surface area contributed by atoms with Crippen molar-refractivity contribution in [3.63, 3.8) is 0 Å². The highest BCUT2D eigenvalue weighted by molar-refractivity contribution is 6.33. The maximum atomic E-state index is 6.53. The normalized spacial score (nSPS) is 19.6. The molecule has 4 heteroatoms. The van der Waals surface area contributed by atoms with Gasteiger partial charge in [0.15, 0.2) is 0 Å². The summed E-state index contributed by atoms with van der Waals surface area (Å²) in [6, 6.07) is 7.03. The lowest BCUT2D eigenvalue weighted by molar-refractivity contribution is 0.199. The molecule has 0 aliphatic carbocycles. The van der Waals surface area contributed by atoms with Crippen molar-refractivity contribution in [3.05, 3.63) is 28.8 Å². The molecule has 0 radical (unpaired) electrons. The standard InChI is InChI=1S/C17H27ClN2O/c1-14-6-4-3-5-10-20(14)17-8-7-15(12-16(17)18)13-19-9-11-21-2/h7-8,12,14,19H,3-6,9-11,13H2,1-2H3. The highest BCUT2D eigenvalue weighted by atomic mass is 35.5. The first-order valence-corrected chi connectivity index (χ1v) is 8.35. The summed E-state index contributed by atoms with van der Waals surface area (Å²) in [5.41, 5.74) is 2.41. The quantitative estimate of drug-likeness (QED) is 0.808. The van der Waals surface area contributed by atoms with Gasteiger partial charge >= 0.3 is 0 Å². The van der Waals surface area contributed by atoms with Gasteiger partial charge in [0.25, 0.3) is 0 Å². The van der Waals surface area contributed by atoms with Crippen LogP contribution in [-0.4, -0.2) is 32.8 Å². The predicted molar refractivity (Wildman–Crippen MR) is 90.3 cm³/mol. The first-order chi connectivity index (χ1) is 10.2. The predicted octanol–water partition coefficient (Wildman–Crippen LogP) is 3.84. The molecule has 0 bridgehead atoms. The van der Waals surface area contributed by atoms with Gasteiger partial charge in [0, 0.05) is 32.8 Å². The minimum absolute atomic E-state index is 0.579. The Morgan fingerprint density at radius 1 is 1.33 bits per heavy atom. The van der Waals surface area contributed by atoms with Crippen LogP contribution >= 0.6 is 11.6 Å². The maximum Gasteiger partial charge on any atom is 0.0642 e. The van der Waals surface area contributed by atoms with Crippen molar-refractivity contribution in [2.24, 2.45) is 0 Å². The van der Waals surface area contributed by atoms with Crippen molar-refractivity contribution in [1.29, 1.82) is 0 Å². The summed E-state index contributed by atoms with van der Waals surface area (Å²) in [5, 5.41) is 4.22. The molecule has 3 nitrogen and oxygen atoms in total. The molecule has 1 atom stereocenters. The Bertz CT molecular complexity index is 439. The van der Waals surface area contributed by atoms with Gasteiger partial charge in [-0.05, 0) is 37.5 Å². The van der Waals surface area contributed by atoms with Gasteiger partial charge < -0.3 is 15.0 Å². The molecular weight excluding hydrogens is 284 g/mol. The van der Waals surface area contributed by atoms with Crippen LogP contribution in [0.4, 0.5) is 5.69 Å². The van der Waals surface area contributed by atoms with E-state index in [1.165, 1.54) is 36.9 Å². The Kier molecular flexibility index (Phi) is 6.81. The van der Waals surface area contributed by atoms with E-state index in [1.54, 1.807) is 7.11 Å². The van der Waals surface area contributed by atoms with E-state index in [0.29, 0.717) is 6.04 Å².